The average molecular weight is 289 g/mol. The maximum Gasteiger partial charge on any atom is 0.269 e. The van der Waals surface area contributed by atoms with Crippen molar-refractivity contribution in [2.75, 3.05) is 5.43 Å². The zero-order valence-electron chi connectivity index (χ0n) is 11.7. The minimum atomic E-state index is -0.493. The van der Waals surface area contributed by atoms with E-state index in [1.807, 2.05) is 0 Å². The molecule has 0 radical (unpaired) electrons. The number of rotatable bonds is 4. The second kappa shape index (κ2) is 5.71. The van der Waals surface area contributed by atoms with Gasteiger partial charge >= 0.3 is 0 Å². The SMILES string of the molecule is Cc1cc(=O)n(Cc2cc([N+](=O)[O-])ccc2NN)c(C)n1. The molecule has 2 aromatic rings. The number of benzene rings is 1. The highest BCUT2D eigenvalue weighted by atomic mass is 16.6. The van der Waals surface area contributed by atoms with E-state index in [1.165, 1.54) is 28.8 Å². The van der Waals surface area contributed by atoms with Crippen LogP contribution in [0.4, 0.5) is 11.4 Å². The molecule has 21 heavy (non-hydrogen) atoms. The number of nitrogens with two attached hydrogens (primary N) is 1. The molecule has 0 saturated heterocycles. The standard InChI is InChI=1S/C13H15N5O3/c1-8-5-13(19)17(9(2)15-8)7-10-6-11(18(20)21)3-4-12(10)16-14/h3-6,16H,7,14H2,1-2H3. The zero-order valence-corrected chi connectivity index (χ0v) is 11.7. The van der Waals surface area contributed by atoms with Crippen molar-refractivity contribution in [2.24, 2.45) is 5.84 Å². The molecule has 0 aliphatic carbocycles. The molecule has 3 N–H and O–H groups in total. The topological polar surface area (TPSA) is 116 Å². The molecule has 0 amide bonds. The molecule has 2 rings (SSSR count). The van der Waals surface area contributed by atoms with E-state index < -0.39 is 4.92 Å². The summed E-state index contributed by atoms with van der Waals surface area (Å²) in [6, 6.07) is 5.66. The van der Waals surface area contributed by atoms with E-state index >= 15 is 0 Å². The normalized spacial score (nSPS) is 10.4. The number of nitro groups is 1. The minimum Gasteiger partial charge on any atom is -0.324 e. The Morgan fingerprint density at radius 3 is 2.67 bits per heavy atom. The molecule has 0 unspecified atom stereocenters. The van der Waals surface area contributed by atoms with Crippen LogP contribution in [0.5, 0.6) is 0 Å². The highest BCUT2D eigenvalue weighted by molar-refractivity contribution is 5.55. The molecular formula is C13H15N5O3. The molecule has 0 aliphatic heterocycles. The fourth-order valence-electron chi connectivity index (χ4n) is 2.09. The van der Waals surface area contributed by atoms with Crippen molar-refractivity contribution in [2.45, 2.75) is 20.4 Å². The van der Waals surface area contributed by atoms with Gasteiger partial charge in [-0.05, 0) is 19.9 Å². The number of nitrogens with zero attached hydrogens (tertiary/aromatic N) is 3. The van der Waals surface area contributed by atoms with Crippen LogP contribution in [0.25, 0.3) is 0 Å². The largest absolute Gasteiger partial charge is 0.324 e. The van der Waals surface area contributed by atoms with E-state index in [2.05, 4.69) is 10.4 Å². The number of anilines is 1. The van der Waals surface area contributed by atoms with Crippen LogP contribution in [0.1, 0.15) is 17.1 Å². The van der Waals surface area contributed by atoms with E-state index in [1.54, 1.807) is 13.8 Å². The number of nitrogens with one attached hydrogen (secondary N) is 1. The number of nitro benzene ring substituents is 1. The first-order valence-corrected chi connectivity index (χ1v) is 6.21. The number of aromatic nitrogens is 2. The third-order valence-electron chi connectivity index (χ3n) is 3.11. The Morgan fingerprint density at radius 1 is 1.38 bits per heavy atom. The molecule has 1 aromatic heterocycles. The lowest BCUT2D eigenvalue weighted by Gasteiger charge is -2.13. The summed E-state index contributed by atoms with van der Waals surface area (Å²) in [6.07, 6.45) is 0. The van der Waals surface area contributed by atoms with Gasteiger partial charge in [0.15, 0.2) is 0 Å². The third kappa shape index (κ3) is 3.06. The number of hydrogen-bond acceptors (Lipinski definition) is 6. The van der Waals surface area contributed by atoms with Gasteiger partial charge in [0, 0.05) is 29.5 Å². The molecule has 1 heterocycles. The van der Waals surface area contributed by atoms with Crippen molar-refractivity contribution in [1.29, 1.82) is 0 Å². The molecule has 110 valence electrons. The Morgan fingerprint density at radius 2 is 2.10 bits per heavy atom. The third-order valence-corrected chi connectivity index (χ3v) is 3.11. The lowest BCUT2D eigenvalue weighted by Crippen LogP contribution is -2.25. The van der Waals surface area contributed by atoms with Crippen LogP contribution in [0.2, 0.25) is 0 Å². The average Bonchev–Trinajstić information content (AvgIpc) is 2.42. The molecule has 0 spiro atoms. The van der Waals surface area contributed by atoms with Crippen LogP contribution in [0, 0.1) is 24.0 Å². The predicted molar refractivity (Wildman–Crippen MR) is 78.0 cm³/mol. The van der Waals surface area contributed by atoms with E-state index in [0.717, 1.165) is 0 Å². The number of non-ortho nitro benzene ring substituents is 1. The van der Waals surface area contributed by atoms with Gasteiger partial charge in [0.1, 0.15) is 5.82 Å². The lowest BCUT2D eigenvalue weighted by molar-refractivity contribution is -0.384. The molecule has 0 atom stereocenters. The Balaban J connectivity index is 2.50. The van der Waals surface area contributed by atoms with Gasteiger partial charge in [-0.25, -0.2) is 4.98 Å². The number of nitrogen functional groups attached to an aromatic ring is 1. The molecule has 0 fully saturated rings. The van der Waals surface area contributed by atoms with Gasteiger partial charge in [0.25, 0.3) is 11.2 Å². The van der Waals surface area contributed by atoms with Crippen molar-refractivity contribution in [3.8, 4) is 0 Å². The number of hydrazine groups is 1. The summed E-state index contributed by atoms with van der Waals surface area (Å²) in [6.45, 7) is 3.60. The fraction of sp³-hybridized carbons (Fsp3) is 0.231. The lowest BCUT2D eigenvalue weighted by atomic mass is 10.1. The van der Waals surface area contributed by atoms with Crippen LogP contribution in [-0.2, 0) is 6.54 Å². The number of aryl methyl sites for hydroxylation is 2. The Bertz CT molecular complexity index is 754. The van der Waals surface area contributed by atoms with Gasteiger partial charge in [0.05, 0.1) is 17.2 Å². The smallest absolute Gasteiger partial charge is 0.269 e. The van der Waals surface area contributed by atoms with Gasteiger partial charge in [-0.1, -0.05) is 0 Å². The van der Waals surface area contributed by atoms with Crippen molar-refractivity contribution >= 4 is 11.4 Å². The maximum absolute atomic E-state index is 12.0. The van der Waals surface area contributed by atoms with Gasteiger partial charge < -0.3 is 5.43 Å². The maximum atomic E-state index is 12.0. The zero-order chi connectivity index (χ0) is 15.6. The second-order valence-electron chi connectivity index (χ2n) is 4.61. The quantitative estimate of drug-likeness (QED) is 0.494. The number of hydrogen-bond donors (Lipinski definition) is 2. The molecular weight excluding hydrogens is 274 g/mol. The summed E-state index contributed by atoms with van der Waals surface area (Å²) in [7, 11) is 0. The highest BCUT2D eigenvalue weighted by Gasteiger charge is 2.12. The summed E-state index contributed by atoms with van der Waals surface area (Å²) in [5.74, 6) is 5.94. The second-order valence-corrected chi connectivity index (χ2v) is 4.61. The van der Waals surface area contributed by atoms with Crippen molar-refractivity contribution in [3.05, 3.63) is 61.8 Å². The van der Waals surface area contributed by atoms with E-state index in [-0.39, 0.29) is 17.8 Å². The van der Waals surface area contributed by atoms with Gasteiger partial charge in [-0.3, -0.25) is 25.3 Å². The van der Waals surface area contributed by atoms with Crippen LogP contribution >= 0.6 is 0 Å². The summed E-state index contributed by atoms with van der Waals surface area (Å²) in [5, 5.41) is 10.9. The first-order chi connectivity index (χ1) is 9.92. The highest BCUT2D eigenvalue weighted by Crippen LogP contribution is 2.22. The van der Waals surface area contributed by atoms with E-state index in [9.17, 15) is 14.9 Å². The summed E-state index contributed by atoms with van der Waals surface area (Å²) >= 11 is 0. The van der Waals surface area contributed by atoms with Gasteiger partial charge in [-0.15, -0.1) is 0 Å². The molecule has 8 nitrogen and oxygen atoms in total. The van der Waals surface area contributed by atoms with Crippen LogP contribution in [0.3, 0.4) is 0 Å². The summed E-state index contributed by atoms with van der Waals surface area (Å²) in [5.41, 5.74) is 3.89. The summed E-state index contributed by atoms with van der Waals surface area (Å²) in [4.78, 5) is 26.6. The fourth-order valence-corrected chi connectivity index (χ4v) is 2.09. The van der Waals surface area contributed by atoms with Gasteiger partial charge in [-0.2, -0.15) is 0 Å². The van der Waals surface area contributed by atoms with E-state index in [4.69, 9.17) is 5.84 Å². The first-order valence-electron chi connectivity index (χ1n) is 6.21. The molecule has 1 aromatic carbocycles. The Hall–Kier alpha value is -2.74. The summed E-state index contributed by atoms with van der Waals surface area (Å²) < 4.78 is 1.44. The molecule has 0 saturated carbocycles. The minimum absolute atomic E-state index is 0.0604. The van der Waals surface area contributed by atoms with Crippen molar-refractivity contribution in [3.63, 3.8) is 0 Å². The Labute approximate surface area is 120 Å². The van der Waals surface area contributed by atoms with Crippen LogP contribution in [-0.4, -0.2) is 14.5 Å². The van der Waals surface area contributed by atoms with Crippen molar-refractivity contribution < 1.29 is 4.92 Å². The monoisotopic (exact) mass is 289 g/mol. The Kier molecular flexibility index (Phi) is 3.99. The van der Waals surface area contributed by atoms with Crippen LogP contribution < -0.4 is 16.8 Å². The molecule has 0 aliphatic rings. The van der Waals surface area contributed by atoms with Gasteiger partial charge in [0.2, 0.25) is 0 Å². The van der Waals surface area contributed by atoms with Crippen LogP contribution in [0.15, 0.2) is 29.1 Å². The van der Waals surface area contributed by atoms with E-state index in [0.29, 0.717) is 22.8 Å². The predicted octanol–water partition coefficient (Wildman–Crippen LogP) is 1.10. The molecule has 8 heteroatoms. The van der Waals surface area contributed by atoms with Crippen molar-refractivity contribution in [1.82, 2.24) is 9.55 Å². The molecule has 0 bridgehead atoms. The first kappa shape index (κ1) is 14.7.